The Bertz CT molecular complexity index is 842. The molecular formula is C18H18N4OS. The van der Waals surface area contributed by atoms with Gasteiger partial charge in [0, 0.05) is 31.2 Å². The second kappa shape index (κ2) is 6.13. The van der Waals surface area contributed by atoms with E-state index in [0.29, 0.717) is 0 Å². The van der Waals surface area contributed by atoms with Crippen molar-refractivity contribution >= 4 is 28.6 Å². The standard InChI is InChI=1S/C18H18N4OS/c1-21(18(23)17-3-2-8-24-17)15-5-4-13-6-7-22(16(13)9-15)11-14-10-19-12-20-14/h2-5,8-10,12H,6-7,11H2,1H3,(H,19,20). The first-order valence-electron chi connectivity index (χ1n) is 7.89. The summed E-state index contributed by atoms with van der Waals surface area (Å²) in [6.45, 7) is 1.79. The van der Waals surface area contributed by atoms with Crippen LogP contribution < -0.4 is 9.80 Å². The van der Waals surface area contributed by atoms with Gasteiger partial charge in [0.05, 0.1) is 23.4 Å². The summed E-state index contributed by atoms with van der Waals surface area (Å²) in [5, 5.41) is 1.93. The number of nitrogens with zero attached hydrogens (tertiary/aromatic N) is 3. The summed E-state index contributed by atoms with van der Waals surface area (Å²) in [6, 6.07) is 10.0. The van der Waals surface area contributed by atoms with Crippen LogP contribution in [-0.2, 0) is 13.0 Å². The molecule has 1 N–H and O–H groups in total. The maximum Gasteiger partial charge on any atom is 0.268 e. The second-order valence-electron chi connectivity index (χ2n) is 5.90. The van der Waals surface area contributed by atoms with Crippen LogP contribution in [0.1, 0.15) is 20.9 Å². The lowest BCUT2D eigenvalue weighted by atomic mass is 10.1. The molecule has 0 atom stereocenters. The third kappa shape index (κ3) is 2.69. The van der Waals surface area contributed by atoms with E-state index in [1.165, 1.54) is 22.6 Å². The number of hydrogen-bond donors (Lipinski definition) is 1. The number of imidazole rings is 1. The van der Waals surface area contributed by atoms with Crippen molar-refractivity contribution in [3.8, 4) is 0 Å². The number of carbonyl (C=O) groups excluding carboxylic acids is 1. The minimum Gasteiger partial charge on any atom is -0.365 e. The van der Waals surface area contributed by atoms with Gasteiger partial charge in [0.1, 0.15) is 0 Å². The Morgan fingerprint density at radius 1 is 1.42 bits per heavy atom. The van der Waals surface area contributed by atoms with Crippen molar-refractivity contribution in [2.75, 3.05) is 23.4 Å². The predicted octanol–water partition coefficient (Wildman–Crippen LogP) is 3.31. The largest absolute Gasteiger partial charge is 0.365 e. The van der Waals surface area contributed by atoms with Crippen molar-refractivity contribution in [1.29, 1.82) is 0 Å². The van der Waals surface area contributed by atoms with Gasteiger partial charge >= 0.3 is 0 Å². The zero-order chi connectivity index (χ0) is 16.5. The molecule has 0 saturated heterocycles. The number of nitrogens with one attached hydrogen (secondary N) is 1. The van der Waals surface area contributed by atoms with Crippen LogP contribution in [0.5, 0.6) is 0 Å². The van der Waals surface area contributed by atoms with Crippen molar-refractivity contribution in [2.45, 2.75) is 13.0 Å². The van der Waals surface area contributed by atoms with Gasteiger partial charge in [-0.25, -0.2) is 4.98 Å². The average Bonchev–Trinajstić information content (AvgIpc) is 3.36. The van der Waals surface area contributed by atoms with E-state index in [4.69, 9.17) is 0 Å². The van der Waals surface area contributed by atoms with Gasteiger partial charge in [-0.3, -0.25) is 4.79 Å². The summed E-state index contributed by atoms with van der Waals surface area (Å²) in [5.74, 6) is 0.0306. The SMILES string of the molecule is CN(C(=O)c1cccs1)c1ccc2c(c1)N(Cc1cnc[nH]1)CC2. The summed E-state index contributed by atoms with van der Waals surface area (Å²) in [4.78, 5) is 24.6. The minimum atomic E-state index is 0.0306. The fourth-order valence-electron chi connectivity index (χ4n) is 3.07. The highest BCUT2D eigenvalue weighted by atomic mass is 32.1. The number of benzene rings is 1. The zero-order valence-electron chi connectivity index (χ0n) is 13.4. The average molecular weight is 338 g/mol. The molecule has 3 heterocycles. The molecule has 1 aromatic carbocycles. The number of thiophene rings is 1. The Morgan fingerprint density at radius 2 is 2.33 bits per heavy atom. The van der Waals surface area contributed by atoms with Crippen LogP contribution in [0.2, 0.25) is 0 Å². The molecular weight excluding hydrogens is 320 g/mol. The Hall–Kier alpha value is -2.60. The third-order valence-electron chi connectivity index (χ3n) is 4.40. The van der Waals surface area contributed by atoms with E-state index in [1.807, 2.05) is 36.8 Å². The molecule has 5 nitrogen and oxygen atoms in total. The van der Waals surface area contributed by atoms with Crippen molar-refractivity contribution in [2.24, 2.45) is 0 Å². The molecule has 0 saturated carbocycles. The van der Waals surface area contributed by atoms with E-state index in [-0.39, 0.29) is 5.91 Å². The molecule has 122 valence electrons. The smallest absolute Gasteiger partial charge is 0.268 e. The van der Waals surface area contributed by atoms with Crippen LogP contribution >= 0.6 is 11.3 Å². The first-order chi connectivity index (χ1) is 11.7. The van der Waals surface area contributed by atoms with Gasteiger partial charge in [-0.1, -0.05) is 12.1 Å². The second-order valence-corrected chi connectivity index (χ2v) is 6.85. The van der Waals surface area contributed by atoms with Crippen molar-refractivity contribution < 1.29 is 4.79 Å². The van der Waals surface area contributed by atoms with E-state index in [0.717, 1.165) is 35.8 Å². The fourth-order valence-corrected chi connectivity index (χ4v) is 3.76. The first-order valence-corrected chi connectivity index (χ1v) is 8.77. The van der Waals surface area contributed by atoms with Crippen molar-refractivity contribution in [1.82, 2.24) is 9.97 Å². The molecule has 0 fully saturated rings. The fraction of sp³-hybridized carbons (Fsp3) is 0.222. The lowest BCUT2D eigenvalue weighted by molar-refractivity contribution is 0.0997. The molecule has 0 aliphatic carbocycles. The molecule has 0 bridgehead atoms. The molecule has 1 amide bonds. The van der Waals surface area contributed by atoms with Gasteiger partial charge in [-0.15, -0.1) is 11.3 Å². The van der Waals surface area contributed by atoms with Gasteiger partial charge in [0.25, 0.3) is 5.91 Å². The van der Waals surface area contributed by atoms with E-state index in [2.05, 4.69) is 27.0 Å². The number of H-pyrrole nitrogens is 1. The number of hydrogen-bond acceptors (Lipinski definition) is 4. The highest BCUT2D eigenvalue weighted by molar-refractivity contribution is 7.12. The van der Waals surface area contributed by atoms with Crippen LogP contribution in [-0.4, -0.2) is 29.5 Å². The van der Waals surface area contributed by atoms with Crippen molar-refractivity contribution in [3.63, 3.8) is 0 Å². The first kappa shape index (κ1) is 15.0. The summed E-state index contributed by atoms with van der Waals surface area (Å²) in [7, 11) is 1.83. The molecule has 1 aliphatic heterocycles. The predicted molar refractivity (Wildman–Crippen MR) is 96.8 cm³/mol. The van der Waals surface area contributed by atoms with E-state index in [1.54, 1.807) is 11.2 Å². The number of carbonyl (C=O) groups is 1. The third-order valence-corrected chi connectivity index (χ3v) is 5.26. The van der Waals surface area contributed by atoms with Crippen LogP contribution in [0.4, 0.5) is 11.4 Å². The summed E-state index contributed by atoms with van der Waals surface area (Å²) in [6.07, 6.45) is 4.59. The van der Waals surface area contributed by atoms with Gasteiger partial charge < -0.3 is 14.8 Å². The van der Waals surface area contributed by atoms with Crippen LogP contribution in [0.25, 0.3) is 0 Å². The molecule has 2 aromatic heterocycles. The number of amides is 1. The molecule has 24 heavy (non-hydrogen) atoms. The van der Waals surface area contributed by atoms with Gasteiger partial charge in [0.15, 0.2) is 0 Å². The molecule has 0 radical (unpaired) electrons. The maximum atomic E-state index is 12.6. The van der Waals surface area contributed by atoms with Crippen LogP contribution in [0.3, 0.4) is 0 Å². The van der Waals surface area contributed by atoms with Gasteiger partial charge in [-0.05, 0) is 35.6 Å². The lowest BCUT2D eigenvalue weighted by Gasteiger charge is -2.22. The topological polar surface area (TPSA) is 52.2 Å². The Kier molecular flexibility index (Phi) is 3.82. The summed E-state index contributed by atoms with van der Waals surface area (Å²) in [5.41, 5.74) is 4.54. The number of fused-ring (bicyclic) bond motifs is 1. The normalized spacial score (nSPS) is 13.1. The zero-order valence-corrected chi connectivity index (χ0v) is 14.2. The Labute approximate surface area is 144 Å². The van der Waals surface area contributed by atoms with Gasteiger partial charge in [0.2, 0.25) is 0 Å². The number of aromatic amines is 1. The number of rotatable bonds is 4. The molecule has 0 unspecified atom stereocenters. The van der Waals surface area contributed by atoms with Gasteiger partial charge in [-0.2, -0.15) is 0 Å². The van der Waals surface area contributed by atoms with Crippen molar-refractivity contribution in [3.05, 3.63) is 64.4 Å². The van der Waals surface area contributed by atoms with Crippen LogP contribution in [0.15, 0.2) is 48.2 Å². The number of aromatic nitrogens is 2. The summed E-state index contributed by atoms with van der Waals surface area (Å²) >= 11 is 1.47. The monoisotopic (exact) mass is 338 g/mol. The molecule has 4 rings (SSSR count). The minimum absolute atomic E-state index is 0.0306. The van der Waals surface area contributed by atoms with E-state index < -0.39 is 0 Å². The summed E-state index contributed by atoms with van der Waals surface area (Å²) < 4.78 is 0. The highest BCUT2D eigenvalue weighted by Crippen LogP contribution is 2.33. The van der Waals surface area contributed by atoms with E-state index >= 15 is 0 Å². The lowest BCUT2D eigenvalue weighted by Crippen LogP contribution is -2.26. The highest BCUT2D eigenvalue weighted by Gasteiger charge is 2.22. The maximum absolute atomic E-state index is 12.6. The molecule has 6 heteroatoms. The molecule has 1 aliphatic rings. The molecule has 3 aromatic rings. The Balaban J connectivity index is 1.59. The number of anilines is 2. The quantitative estimate of drug-likeness (QED) is 0.794. The molecule has 0 spiro atoms. The van der Waals surface area contributed by atoms with E-state index in [9.17, 15) is 4.79 Å². The van der Waals surface area contributed by atoms with Crippen LogP contribution in [0, 0.1) is 0 Å². The Morgan fingerprint density at radius 3 is 3.08 bits per heavy atom.